The maximum atomic E-state index is 14.1. The number of benzene rings is 1. The topological polar surface area (TPSA) is 65.4 Å². The Balaban J connectivity index is 2.24. The lowest BCUT2D eigenvalue weighted by Crippen LogP contribution is -2.28. The van der Waals surface area contributed by atoms with Gasteiger partial charge in [-0.15, -0.1) is 0 Å². The van der Waals surface area contributed by atoms with E-state index in [-0.39, 0.29) is 5.91 Å². The van der Waals surface area contributed by atoms with E-state index in [4.69, 9.17) is 9.47 Å². The molecule has 118 valence electrons. The van der Waals surface area contributed by atoms with Gasteiger partial charge in [0, 0.05) is 32.3 Å². The van der Waals surface area contributed by atoms with Crippen molar-refractivity contribution in [3.63, 3.8) is 0 Å². The number of amides is 1. The molecule has 0 saturated heterocycles. The van der Waals surface area contributed by atoms with E-state index in [1.807, 2.05) is 0 Å². The molecule has 6 nitrogen and oxygen atoms in total. The number of methoxy groups -OCH3 is 2. The molecule has 0 unspecified atom stereocenters. The van der Waals surface area contributed by atoms with Crippen LogP contribution in [-0.2, 0) is 11.8 Å². The molecule has 2 aromatic rings. The zero-order valence-corrected chi connectivity index (χ0v) is 12.7. The summed E-state index contributed by atoms with van der Waals surface area (Å²) < 4.78 is 25.3. The van der Waals surface area contributed by atoms with Gasteiger partial charge in [-0.3, -0.25) is 9.48 Å². The summed E-state index contributed by atoms with van der Waals surface area (Å²) in [4.78, 5) is 12.0. The highest BCUT2D eigenvalue weighted by Gasteiger charge is 2.16. The lowest BCUT2D eigenvalue weighted by molar-refractivity contribution is 0.0927. The van der Waals surface area contributed by atoms with Crippen molar-refractivity contribution in [1.29, 1.82) is 0 Å². The quantitative estimate of drug-likeness (QED) is 0.824. The van der Waals surface area contributed by atoms with Crippen LogP contribution in [0.25, 0.3) is 11.3 Å². The number of nitrogens with one attached hydrogen (secondary N) is 1. The van der Waals surface area contributed by atoms with Crippen LogP contribution < -0.4 is 10.1 Å². The van der Waals surface area contributed by atoms with E-state index in [0.29, 0.717) is 35.9 Å². The van der Waals surface area contributed by atoms with Crippen LogP contribution in [0.1, 0.15) is 10.5 Å². The molecule has 0 bridgehead atoms. The number of aryl methyl sites for hydroxylation is 1. The summed E-state index contributed by atoms with van der Waals surface area (Å²) >= 11 is 0. The van der Waals surface area contributed by atoms with E-state index in [2.05, 4.69) is 10.4 Å². The highest BCUT2D eigenvalue weighted by atomic mass is 19.1. The minimum atomic E-state index is -0.455. The number of nitrogens with zero attached hydrogens (tertiary/aromatic N) is 2. The van der Waals surface area contributed by atoms with Gasteiger partial charge in [-0.2, -0.15) is 5.10 Å². The molecule has 1 heterocycles. The number of aromatic nitrogens is 2. The van der Waals surface area contributed by atoms with Gasteiger partial charge in [-0.05, 0) is 18.2 Å². The van der Waals surface area contributed by atoms with Crippen molar-refractivity contribution in [3.05, 3.63) is 35.8 Å². The third-order valence-electron chi connectivity index (χ3n) is 3.16. The molecule has 0 fully saturated rings. The van der Waals surface area contributed by atoms with Crippen LogP contribution in [-0.4, -0.2) is 43.1 Å². The molecule has 0 saturated carbocycles. The van der Waals surface area contributed by atoms with Crippen LogP contribution in [0.4, 0.5) is 4.39 Å². The van der Waals surface area contributed by atoms with Crippen molar-refractivity contribution >= 4 is 5.91 Å². The molecule has 1 aromatic heterocycles. The van der Waals surface area contributed by atoms with E-state index in [0.717, 1.165) is 0 Å². The number of halogens is 1. The van der Waals surface area contributed by atoms with Gasteiger partial charge < -0.3 is 14.8 Å². The molecule has 1 aromatic carbocycles. The second-order valence-electron chi connectivity index (χ2n) is 4.63. The van der Waals surface area contributed by atoms with Crippen molar-refractivity contribution < 1.29 is 18.7 Å². The van der Waals surface area contributed by atoms with Crippen molar-refractivity contribution in [2.24, 2.45) is 7.05 Å². The molecule has 0 radical (unpaired) electrons. The standard InChI is InChI=1S/C15H18FN3O3/c1-19-14(15(20)17-6-7-21-2)9-13(18-19)11-5-4-10(22-3)8-12(11)16/h4-5,8-9H,6-7H2,1-3H3,(H,17,20). The molecule has 0 spiro atoms. The van der Waals surface area contributed by atoms with E-state index in [1.165, 1.54) is 17.9 Å². The second-order valence-corrected chi connectivity index (χ2v) is 4.63. The summed E-state index contributed by atoms with van der Waals surface area (Å²) in [5.74, 6) is -0.314. The molecule has 7 heteroatoms. The zero-order chi connectivity index (χ0) is 16.1. The Labute approximate surface area is 127 Å². The summed E-state index contributed by atoms with van der Waals surface area (Å²) in [6, 6.07) is 6.05. The first-order valence-electron chi connectivity index (χ1n) is 6.72. The van der Waals surface area contributed by atoms with Crippen LogP contribution in [0.5, 0.6) is 5.75 Å². The SMILES string of the molecule is COCCNC(=O)c1cc(-c2ccc(OC)cc2F)nn1C. The van der Waals surface area contributed by atoms with Gasteiger partial charge in [-0.1, -0.05) is 0 Å². The molecule has 1 N–H and O–H groups in total. The van der Waals surface area contributed by atoms with Gasteiger partial charge in [0.2, 0.25) is 0 Å². The molecule has 22 heavy (non-hydrogen) atoms. The van der Waals surface area contributed by atoms with Crippen LogP contribution in [0.3, 0.4) is 0 Å². The first-order chi connectivity index (χ1) is 10.6. The van der Waals surface area contributed by atoms with Crippen LogP contribution in [0.2, 0.25) is 0 Å². The van der Waals surface area contributed by atoms with Crippen LogP contribution >= 0.6 is 0 Å². The maximum absolute atomic E-state index is 14.1. The third kappa shape index (κ3) is 3.43. The van der Waals surface area contributed by atoms with E-state index >= 15 is 0 Å². The fraction of sp³-hybridized carbons (Fsp3) is 0.333. The number of hydrogen-bond acceptors (Lipinski definition) is 4. The van der Waals surface area contributed by atoms with E-state index in [9.17, 15) is 9.18 Å². The summed E-state index contributed by atoms with van der Waals surface area (Å²) in [7, 11) is 4.66. The minimum Gasteiger partial charge on any atom is -0.497 e. The highest BCUT2D eigenvalue weighted by Crippen LogP contribution is 2.25. The second kappa shape index (κ2) is 7.04. The molecule has 1 amide bonds. The minimum absolute atomic E-state index is 0.285. The first kappa shape index (κ1) is 16.0. The monoisotopic (exact) mass is 307 g/mol. The Bertz CT molecular complexity index is 670. The number of carbonyl (C=O) groups excluding carboxylic acids is 1. The predicted molar refractivity (Wildman–Crippen MR) is 79.4 cm³/mol. The fourth-order valence-electron chi connectivity index (χ4n) is 2.00. The Hall–Kier alpha value is -2.41. The van der Waals surface area contributed by atoms with Crippen LogP contribution in [0.15, 0.2) is 24.3 Å². The zero-order valence-electron chi connectivity index (χ0n) is 12.7. The molecule has 0 atom stereocenters. The molecular formula is C15H18FN3O3. The molecular weight excluding hydrogens is 289 g/mol. The first-order valence-corrected chi connectivity index (χ1v) is 6.72. The van der Waals surface area contributed by atoms with Gasteiger partial charge in [0.15, 0.2) is 0 Å². The van der Waals surface area contributed by atoms with Crippen molar-refractivity contribution in [1.82, 2.24) is 15.1 Å². The number of hydrogen-bond donors (Lipinski definition) is 1. The summed E-state index contributed by atoms with van der Waals surface area (Å²) in [6.45, 7) is 0.816. The summed E-state index contributed by atoms with van der Waals surface area (Å²) in [6.07, 6.45) is 0. The van der Waals surface area contributed by atoms with Gasteiger partial charge in [0.05, 0.1) is 19.4 Å². The summed E-state index contributed by atoms with van der Waals surface area (Å²) in [5.41, 5.74) is 1.05. The van der Waals surface area contributed by atoms with Crippen LogP contribution in [0, 0.1) is 5.82 Å². The number of rotatable bonds is 6. The Morgan fingerprint density at radius 1 is 1.36 bits per heavy atom. The molecule has 2 rings (SSSR count). The number of ether oxygens (including phenoxy) is 2. The normalized spacial score (nSPS) is 10.5. The highest BCUT2D eigenvalue weighted by molar-refractivity contribution is 5.93. The number of carbonyl (C=O) groups is 1. The van der Waals surface area contributed by atoms with Crippen molar-refractivity contribution in [3.8, 4) is 17.0 Å². The van der Waals surface area contributed by atoms with Gasteiger partial charge in [-0.25, -0.2) is 4.39 Å². The van der Waals surface area contributed by atoms with Crippen molar-refractivity contribution in [2.45, 2.75) is 0 Å². The Morgan fingerprint density at radius 2 is 2.14 bits per heavy atom. The van der Waals surface area contributed by atoms with E-state index in [1.54, 1.807) is 32.4 Å². The smallest absolute Gasteiger partial charge is 0.269 e. The van der Waals surface area contributed by atoms with Gasteiger partial charge in [0.25, 0.3) is 5.91 Å². The van der Waals surface area contributed by atoms with Crippen molar-refractivity contribution in [2.75, 3.05) is 27.4 Å². The average molecular weight is 307 g/mol. The maximum Gasteiger partial charge on any atom is 0.269 e. The van der Waals surface area contributed by atoms with Gasteiger partial charge in [0.1, 0.15) is 17.3 Å². The lowest BCUT2D eigenvalue weighted by Gasteiger charge is -2.03. The average Bonchev–Trinajstić information content (AvgIpc) is 2.89. The molecule has 0 aliphatic heterocycles. The molecule has 0 aliphatic carbocycles. The largest absolute Gasteiger partial charge is 0.497 e. The Kier molecular flexibility index (Phi) is 5.11. The Morgan fingerprint density at radius 3 is 2.77 bits per heavy atom. The molecule has 0 aliphatic rings. The van der Waals surface area contributed by atoms with E-state index < -0.39 is 5.82 Å². The summed E-state index contributed by atoms with van der Waals surface area (Å²) in [5, 5.41) is 6.89. The lowest BCUT2D eigenvalue weighted by atomic mass is 10.1. The predicted octanol–water partition coefficient (Wildman–Crippen LogP) is 1.61. The third-order valence-corrected chi connectivity index (χ3v) is 3.16. The van der Waals surface area contributed by atoms with Gasteiger partial charge >= 0.3 is 0 Å². The fourth-order valence-corrected chi connectivity index (χ4v) is 2.00.